The first-order chi connectivity index (χ1) is 13.5. The molecule has 0 aromatic carbocycles. The summed E-state index contributed by atoms with van der Waals surface area (Å²) in [4.78, 5) is 27.3. The minimum Gasteiger partial charge on any atom is -0.394 e. The average Bonchev–Trinajstić information content (AvgIpc) is 2.65. The summed E-state index contributed by atoms with van der Waals surface area (Å²) in [6.07, 6.45) is 1.77. The fourth-order valence-corrected chi connectivity index (χ4v) is 2.93. The van der Waals surface area contributed by atoms with Crippen LogP contribution in [0.25, 0.3) is 0 Å². The molecule has 0 aromatic heterocycles. The highest BCUT2D eigenvalue weighted by atomic mass is 16.8. The van der Waals surface area contributed by atoms with Crippen LogP contribution in [0.3, 0.4) is 0 Å². The van der Waals surface area contributed by atoms with E-state index in [4.69, 9.17) is 19.5 Å². The Morgan fingerprint density at radius 1 is 1.14 bits per heavy atom. The second-order valence-electron chi connectivity index (χ2n) is 6.97. The third-order valence-electron chi connectivity index (χ3n) is 4.50. The summed E-state index contributed by atoms with van der Waals surface area (Å²) in [6, 6.07) is 0. The number of carbonyl (C=O) groups is 2. The molecule has 28 heavy (non-hydrogen) atoms. The van der Waals surface area contributed by atoms with Gasteiger partial charge in [0, 0.05) is 32.4 Å². The zero-order valence-corrected chi connectivity index (χ0v) is 16.5. The van der Waals surface area contributed by atoms with E-state index >= 15 is 0 Å². The number of nitrogens with one attached hydrogen (secondary N) is 2. The van der Waals surface area contributed by atoms with Gasteiger partial charge in [-0.25, -0.2) is 0 Å². The van der Waals surface area contributed by atoms with Crippen molar-refractivity contribution in [1.29, 1.82) is 0 Å². The van der Waals surface area contributed by atoms with Gasteiger partial charge >= 0.3 is 0 Å². The van der Waals surface area contributed by atoms with Crippen LogP contribution < -0.4 is 11.0 Å². The van der Waals surface area contributed by atoms with Crippen LogP contribution >= 0.6 is 0 Å². The van der Waals surface area contributed by atoms with E-state index in [1.807, 2.05) is 0 Å². The van der Waals surface area contributed by atoms with E-state index < -0.39 is 24.6 Å². The van der Waals surface area contributed by atoms with Crippen LogP contribution in [-0.4, -0.2) is 71.5 Å². The molecule has 10 nitrogen and oxygen atoms in total. The molecule has 1 saturated heterocycles. The van der Waals surface area contributed by atoms with Crippen molar-refractivity contribution in [3.63, 3.8) is 0 Å². The predicted molar refractivity (Wildman–Crippen MR) is 98.1 cm³/mol. The Balaban J connectivity index is 2.07. The molecule has 4 atom stereocenters. The van der Waals surface area contributed by atoms with E-state index in [-0.39, 0.29) is 24.7 Å². The van der Waals surface area contributed by atoms with Gasteiger partial charge in [0.25, 0.3) is 0 Å². The summed E-state index contributed by atoms with van der Waals surface area (Å²) < 4.78 is 10.9. The van der Waals surface area contributed by atoms with Crippen molar-refractivity contribution >= 4 is 11.7 Å². The molecule has 0 aromatic rings. The molecule has 1 heterocycles. The lowest BCUT2D eigenvalue weighted by Gasteiger charge is -2.37. The molecule has 1 fully saturated rings. The smallest absolute Gasteiger partial charge is 0.219 e. The number of aliphatic hydroxyl groups is 2. The fraction of sp³-hybridized carbons (Fsp3) is 0.889. The lowest BCUT2D eigenvalue weighted by molar-refractivity contribution is -0.299. The van der Waals surface area contributed by atoms with E-state index in [1.165, 1.54) is 0 Å². The molecule has 0 aliphatic carbocycles. The Morgan fingerprint density at radius 3 is 2.57 bits per heavy atom. The van der Waals surface area contributed by atoms with E-state index in [0.29, 0.717) is 38.8 Å². The van der Waals surface area contributed by atoms with Gasteiger partial charge in [0.15, 0.2) is 6.29 Å². The van der Waals surface area contributed by atoms with Gasteiger partial charge in [0.1, 0.15) is 24.1 Å². The number of ether oxygens (including phenoxy) is 2. The first kappa shape index (κ1) is 24.9. The summed E-state index contributed by atoms with van der Waals surface area (Å²) in [5.74, 6) is 0.178. The molecule has 5 N–H and O–H groups in total. The summed E-state index contributed by atoms with van der Waals surface area (Å²) in [6.45, 7) is 2.16. The Hall–Kier alpha value is -1.14. The van der Waals surface area contributed by atoms with Crippen molar-refractivity contribution in [2.24, 2.45) is 0 Å². The van der Waals surface area contributed by atoms with Crippen LogP contribution in [0.5, 0.6) is 0 Å². The van der Waals surface area contributed by atoms with Crippen molar-refractivity contribution in [1.82, 2.24) is 11.0 Å². The molecular weight excluding hydrogens is 372 g/mol. The van der Waals surface area contributed by atoms with E-state index in [1.54, 1.807) is 12.6 Å². The van der Waals surface area contributed by atoms with Gasteiger partial charge in [-0.2, -0.15) is 0 Å². The number of carbonyl (C=O) groups excluding carboxylic acids is 2. The topological polar surface area (TPSA) is 147 Å². The third kappa shape index (κ3) is 10.4. The molecular formula is C18H34N2O8. The molecule has 0 bridgehead atoms. The van der Waals surface area contributed by atoms with Gasteiger partial charge in [0.2, 0.25) is 5.91 Å². The van der Waals surface area contributed by atoms with Gasteiger partial charge in [-0.1, -0.05) is 12.1 Å². The normalized spacial score (nSPS) is 24.9. The monoisotopic (exact) mass is 406 g/mol. The maximum atomic E-state index is 11.7. The molecule has 1 aliphatic heterocycles. The van der Waals surface area contributed by atoms with Gasteiger partial charge < -0.3 is 29.8 Å². The van der Waals surface area contributed by atoms with Gasteiger partial charge in [0.05, 0.1) is 6.61 Å². The average molecular weight is 406 g/mol. The lowest BCUT2D eigenvalue weighted by Crippen LogP contribution is -2.51. The first-order valence-electron chi connectivity index (χ1n) is 9.84. The fourth-order valence-electron chi connectivity index (χ4n) is 2.93. The molecule has 0 spiro atoms. The predicted octanol–water partition coefficient (Wildman–Crippen LogP) is 0.186. The summed E-state index contributed by atoms with van der Waals surface area (Å²) >= 11 is 0. The van der Waals surface area contributed by atoms with Crippen molar-refractivity contribution in [2.75, 3.05) is 19.8 Å². The molecule has 0 saturated carbocycles. The molecule has 10 heteroatoms. The summed E-state index contributed by atoms with van der Waals surface area (Å²) in [5, 5.41) is 30.7. The molecule has 1 aliphatic rings. The van der Waals surface area contributed by atoms with Crippen molar-refractivity contribution in [3.05, 3.63) is 0 Å². The maximum Gasteiger partial charge on any atom is 0.219 e. The standard InChI is InChI=1S/C18H34N2O8/c1-13(22)7-3-2-5-9-19-17(24)8-4-6-10-26-18-14(23)11-15(28-20-25)16(12-21)27-18/h14-16,18,20-21,23,25H,2-12H2,1H3,(H,19,24). The van der Waals surface area contributed by atoms with Gasteiger partial charge in [-0.3, -0.25) is 14.8 Å². The minimum absolute atomic E-state index is 0.0163. The molecule has 0 radical (unpaired) electrons. The second-order valence-corrected chi connectivity index (χ2v) is 6.97. The van der Waals surface area contributed by atoms with Crippen LogP contribution in [0.1, 0.15) is 58.3 Å². The van der Waals surface area contributed by atoms with E-state index in [2.05, 4.69) is 5.32 Å². The van der Waals surface area contributed by atoms with Crippen molar-refractivity contribution in [2.45, 2.75) is 82.9 Å². The molecule has 1 rings (SSSR count). The number of Topliss-reactive ketones (excluding diaryl/α,β-unsaturated/α-hetero) is 1. The van der Waals surface area contributed by atoms with E-state index in [0.717, 1.165) is 19.3 Å². The zero-order valence-electron chi connectivity index (χ0n) is 16.5. The molecule has 164 valence electrons. The maximum absolute atomic E-state index is 11.7. The quantitative estimate of drug-likeness (QED) is 0.190. The third-order valence-corrected chi connectivity index (χ3v) is 4.50. The molecule has 4 unspecified atom stereocenters. The van der Waals surface area contributed by atoms with Crippen LogP contribution in [-0.2, 0) is 23.9 Å². The van der Waals surface area contributed by atoms with Crippen LogP contribution in [0.2, 0.25) is 0 Å². The Labute approximate surface area is 165 Å². The first-order valence-corrected chi connectivity index (χ1v) is 9.84. The highest BCUT2D eigenvalue weighted by Gasteiger charge is 2.38. The zero-order chi connectivity index (χ0) is 20.8. The number of hydrogen-bond donors (Lipinski definition) is 5. The Bertz CT molecular complexity index is 451. The number of hydrogen-bond acceptors (Lipinski definition) is 9. The largest absolute Gasteiger partial charge is 0.394 e. The molecule has 1 amide bonds. The number of unbranched alkanes of at least 4 members (excludes halogenated alkanes) is 3. The highest BCUT2D eigenvalue weighted by molar-refractivity contribution is 5.76. The van der Waals surface area contributed by atoms with Crippen molar-refractivity contribution < 1.29 is 39.3 Å². The van der Waals surface area contributed by atoms with Gasteiger partial charge in [-0.05, 0) is 32.6 Å². The SMILES string of the molecule is CC(=O)CCCCCNC(=O)CCCCOC1OC(CO)C(ONO)CC1O. The number of ketones is 1. The second kappa shape index (κ2) is 14.8. The highest BCUT2D eigenvalue weighted by Crippen LogP contribution is 2.23. The summed E-state index contributed by atoms with van der Waals surface area (Å²) in [5.41, 5.74) is 1.54. The minimum atomic E-state index is -0.951. The number of rotatable bonds is 15. The van der Waals surface area contributed by atoms with Crippen molar-refractivity contribution in [3.8, 4) is 0 Å². The Morgan fingerprint density at radius 2 is 1.89 bits per heavy atom. The Kier molecular flexibility index (Phi) is 13.2. The number of aliphatic hydroxyl groups excluding tert-OH is 2. The van der Waals surface area contributed by atoms with Crippen LogP contribution in [0.15, 0.2) is 0 Å². The van der Waals surface area contributed by atoms with Crippen LogP contribution in [0.4, 0.5) is 0 Å². The lowest BCUT2D eigenvalue weighted by atomic mass is 10.0. The summed E-state index contributed by atoms with van der Waals surface area (Å²) in [7, 11) is 0. The van der Waals surface area contributed by atoms with Gasteiger partial charge in [-0.15, -0.1) is 0 Å². The van der Waals surface area contributed by atoms with Crippen LogP contribution in [0, 0.1) is 0 Å². The van der Waals surface area contributed by atoms with E-state index in [9.17, 15) is 19.8 Å². The number of amides is 1.